The Kier molecular flexibility index (Phi) is 5.00. The molecule has 0 aliphatic heterocycles. The van der Waals surface area contributed by atoms with E-state index in [-0.39, 0.29) is 5.56 Å². The van der Waals surface area contributed by atoms with Crippen LogP contribution in [-0.4, -0.2) is 12.7 Å². The van der Waals surface area contributed by atoms with Crippen molar-refractivity contribution in [3.8, 4) is 6.07 Å². The molecule has 8 heteroatoms. The zero-order valence-corrected chi connectivity index (χ0v) is 10.0. The number of hydrogen-bond donors (Lipinski definition) is 1. The predicted octanol–water partition coefficient (Wildman–Crippen LogP) is 3.50. The van der Waals surface area contributed by atoms with Crippen LogP contribution in [0.25, 0.3) is 0 Å². The first kappa shape index (κ1) is 16.3. The van der Waals surface area contributed by atoms with Crippen LogP contribution >= 0.6 is 0 Å². The van der Waals surface area contributed by atoms with Gasteiger partial charge in [-0.15, -0.1) is 0 Å². The van der Waals surface area contributed by atoms with Crippen molar-refractivity contribution < 1.29 is 26.3 Å². The molecular formula is C12H10F6N2. The van der Waals surface area contributed by atoms with Gasteiger partial charge in [-0.3, -0.25) is 0 Å². The highest BCUT2D eigenvalue weighted by Gasteiger charge is 2.39. The Hall–Kier alpha value is -1.75. The number of nitrogens with zero attached hydrogens (tertiary/aromatic N) is 1. The van der Waals surface area contributed by atoms with Gasteiger partial charge in [0.25, 0.3) is 0 Å². The fraction of sp³-hybridized carbons (Fsp3) is 0.417. The lowest BCUT2D eigenvalue weighted by Gasteiger charge is -2.16. The molecule has 0 aliphatic carbocycles. The first-order valence-corrected chi connectivity index (χ1v) is 5.48. The molecule has 0 radical (unpaired) electrons. The van der Waals surface area contributed by atoms with E-state index in [9.17, 15) is 26.3 Å². The standard InChI is InChI=1S/C12H10F6N2/c13-11(14,15)9(5-19)7-20-6-8-3-1-2-4-10(8)12(16,17)18/h1-4,9,20H,6-7H2. The molecule has 0 bridgehead atoms. The lowest BCUT2D eigenvalue weighted by atomic mass is 10.1. The van der Waals surface area contributed by atoms with Crippen LogP contribution in [0.15, 0.2) is 24.3 Å². The summed E-state index contributed by atoms with van der Waals surface area (Å²) in [5.41, 5.74) is -1.08. The quantitative estimate of drug-likeness (QED) is 0.863. The molecule has 1 atom stereocenters. The maximum absolute atomic E-state index is 12.6. The van der Waals surface area contributed by atoms with Gasteiger partial charge < -0.3 is 5.32 Å². The number of halogens is 6. The Labute approximate surface area is 111 Å². The van der Waals surface area contributed by atoms with Crippen molar-refractivity contribution >= 4 is 0 Å². The topological polar surface area (TPSA) is 35.8 Å². The molecule has 0 spiro atoms. The van der Waals surface area contributed by atoms with Crippen molar-refractivity contribution in [3.05, 3.63) is 35.4 Å². The SMILES string of the molecule is N#CC(CNCc1ccccc1C(F)(F)F)C(F)(F)F. The van der Waals surface area contributed by atoms with E-state index < -0.39 is 36.9 Å². The average molecular weight is 296 g/mol. The number of benzene rings is 1. The highest BCUT2D eigenvalue weighted by atomic mass is 19.4. The van der Waals surface area contributed by atoms with Crippen molar-refractivity contribution in [2.45, 2.75) is 18.9 Å². The molecule has 0 aromatic heterocycles. The van der Waals surface area contributed by atoms with Crippen LogP contribution in [0.5, 0.6) is 0 Å². The number of nitriles is 1. The Morgan fingerprint density at radius 1 is 1.10 bits per heavy atom. The summed E-state index contributed by atoms with van der Waals surface area (Å²) >= 11 is 0. The lowest BCUT2D eigenvalue weighted by Crippen LogP contribution is -2.32. The maximum atomic E-state index is 12.6. The summed E-state index contributed by atoms with van der Waals surface area (Å²) in [5.74, 6) is -2.25. The minimum atomic E-state index is -4.70. The lowest BCUT2D eigenvalue weighted by molar-refractivity contribution is -0.157. The zero-order chi connectivity index (χ0) is 15.4. The third-order valence-corrected chi connectivity index (χ3v) is 2.54. The van der Waals surface area contributed by atoms with Crippen LogP contribution in [0.3, 0.4) is 0 Å². The Bertz CT molecular complexity index is 486. The Morgan fingerprint density at radius 3 is 2.20 bits per heavy atom. The fourth-order valence-electron chi connectivity index (χ4n) is 1.54. The highest BCUT2D eigenvalue weighted by molar-refractivity contribution is 5.29. The first-order valence-electron chi connectivity index (χ1n) is 5.48. The molecule has 0 saturated carbocycles. The van der Waals surface area contributed by atoms with E-state index >= 15 is 0 Å². The fourth-order valence-corrected chi connectivity index (χ4v) is 1.54. The Morgan fingerprint density at radius 2 is 1.70 bits per heavy atom. The third kappa shape index (κ3) is 4.42. The van der Waals surface area contributed by atoms with Crippen molar-refractivity contribution in [1.82, 2.24) is 5.32 Å². The molecule has 20 heavy (non-hydrogen) atoms. The molecule has 0 heterocycles. The number of rotatable bonds is 4. The average Bonchev–Trinajstić information content (AvgIpc) is 2.32. The monoisotopic (exact) mass is 296 g/mol. The molecule has 0 amide bonds. The predicted molar refractivity (Wildman–Crippen MR) is 58.3 cm³/mol. The van der Waals surface area contributed by atoms with Gasteiger partial charge >= 0.3 is 12.4 Å². The second kappa shape index (κ2) is 6.13. The van der Waals surface area contributed by atoms with Gasteiger partial charge in [0.05, 0.1) is 11.6 Å². The van der Waals surface area contributed by atoms with Gasteiger partial charge in [0, 0.05) is 13.1 Å². The van der Waals surface area contributed by atoms with Crippen molar-refractivity contribution in [1.29, 1.82) is 5.26 Å². The summed E-state index contributed by atoms with van der Waals surface area (Å²) in [6.07, 6.45) is -9.28. The minimum Gasteiger partial charge on any atom is -0.311 e. The zero-order valence-electron chi connectivity index (χ0n) is 10.0. The van der Waals surface area contributed by atoms with E-state index in [0.717, 1.165) is 12.1 Å². The summed E-state index contributed by atoms with van der Waals surface area (Å²) in [6, 6.07) is 5.64. The van der Waals surface area contributed by atoms with Crippen LogP contribution in [0.1, 0.15) is 11.1 Å². The minimum absolute atomic E-state index is 0.168. The molecule has 1 aromatic carbocycles. The van der Waals surface area contributed by atoms with E-state index in [4.69, 9.17) is 5.26 Å². The molecule has 1 N–H and O–H groups in total. The first-order chi connectivity index (χ1) is 9.16. The summed E-state index contributed by atoms with van der Waals surface area (Å²) in [6.45, 7) is -1.16. The largest absolute Gasteiger partial charge is 0.416 e. The van der Waals surface area contributed by atoms with Crippen molar-refractivity contribution in [2.75, 3.05) is 6.54 Å². The van der Waals surface area contributed by atoms with Crippen LogP contribution in [-0.2, 0) is 12.7 Å². The van der Waals surface area contributed by atoms with Gasteiger partial charge in [-0.05, 0) is 11.6 Å². The molecular weight excluding hydrogens is 286 g/mol. The molecule has 0 saturated heterocycles. The summed E-state index contributed by atoms with van der Waals surface area (Å²) in [5, 5.41) is 10.6. The second-order valence-corrected chi connectivity index (χ2v) is 4.01. The van der Waals surface area contributed by atoms with E-state index in [1.54, 1.807) is 0 Å². The van der Waals surface area contributed by atoms with Crippen molar-refractivity contribution in [3.63, 3.8) is 0 Å². The molecule has 0 aliphatic rings. The normalized spacial score (nSPS) is 13.8. The highest BCUT2D eigenvalue weighted by Crippen LogP contribution is 2.32. The van der Waals surface area contributed by atoms with Gasteiger partial charge in [0.1, 0.15) is 0 Å². The number of hydrogen-bond acceptors (Lipinski definition) is 2. The molecule has 1 aromatic rings. The van der Waals surface area contributed by atoms with E-state index in [1.807, 2.05) is 0 Å². The van der Waals surface area contributed by atoms with E-state index in [1.165, 1.54) is 18.2 Å². The van der Waals surface area contributed by atoms with Gasteiger partial charge in [0.15, 0.2) is 5.92 Å². The molecule has 0 fully saturated rings. The maximum Gasteiger partial charge on any atom is 0.416 e. The summed E-state index contributed by atoms with van der Waals surface area (Å²) in [7, 11) is 0. The summed E-state index contributed by atoms with van der Waals surface area (Å²) < 4.78 is 74.7. The van der Waals surface area contributed by atoms with Crippen LogP contribution in [0.2, 0.25) is 0 Å². The summed E-state index contributed by atoms with van der Waals surface area (Å²) in [4.78, 5) is 0. The number of alkyl halides is 6. The molecule has 1 rings (SSSR count). The second-order valence-electron chi connectivity index (χ2n) is 4.01. The van der Waals surface area contributed by atoms with E-state index in [2.05, 4.69) is 5.32 Å². The van der Waals surface area contributed by atoms with Gasteiger partial charge in [-0.2, -0.15) is 31.6 Å². The third-order valence-electron chi connectivity index (χ3n) is 2.54. The van der Waals surface area contributed by atoms with Gasteiger partial charge in [0.2, 0.25) is 0 Å². The van der Waals surface area contributed by atoms with Gasteiger partial charge in [-0.25, -0.2) is 0 Å². The Balaban J connectivity index is 2.71. The molecule has 1 unspecified atom stereocenters. The van der Waals surface area contributed by atoms with Crippen LogP contribution < -0.4 is 5.32 Å². The molecule has 2 nitrogen and oxygen atoms in total. The molecule has 110 valence electrons. The smallest absolute Gasteiger partial charge is 0.311 e. The van der Waals surface area contributed by atoms with Crippen LogP contribution in [0, 0.1) is 17.2 Å². The van der Waals surface area contributed by atoms with Crippen LogP contribution in [0.4, 0.5) is 26.3 Å². The number of nitrogens with one attached hydrogen (secondary N) is 1. The van der Waals surface area contributed by atoms with E-state index in [0.29, 0.717) is 0 Å². The van der Waals surface area contributed by atoms with Crippen molar-refractivity contribution in [2.24, 2.45) is 5.92 Å². The van der Waals surface area contributed by atoms with Gasteiger partial charge in [-0.1, -0.05) is 18.2 Å².